The molecule has 2 unspecified atom stereocenters. The van der Waals surface area contributed by atoms with Crippen molar-refractivity contribution in [2.24, 2.45) is 17.8 Å². The number of hydrogen-bond acceptors (Lipinski definition) is 6. The zero-order chi connectivity index (χ0) is 18.7. The number of rotatable bonds is 3. The predicted molar refractivity (Wildman–Crippen MR) is 97.3 cm³/mol. The Morgan fingerprint density at radius 1 is 1.12 bits per heavy atom. The van der Waals surface area contributed by atoms with Crippen molar-refractivity contribution in [2.45, 2.75) is 51.7 Å². The maximum Gasteiger partial charge on any atom is 0.498 e. The molecule has 1 N–H and O–H groups in total. The lowest BCUT2D eigenvalue weighted by Crippen LogP contribution is -2.45. The average Bonchev–Trinajstić information content (AvgIpc) is 2.96. The Labute approximate surface area is 154 Å². The van der Waals surface area contributed by atoms with Crippen molar-refractivity contribution in [3.05, 3.63) is 12.4 Å². The summed E-state index contributed by atoms with van der Waals surface area (Å²) in [5.74, 6) is 0.172. The average molecular weight is 359 g/mol. The lowest BCUT2D eigenvalue weighted by atomic mass is 9.81. The van der Waals surface area contributed by atoms with Gasteiger partial charge >= 0.3 is 13.1 Å². The van der Waals surface area contributed by atoms with Gasteiger partial charge in [0.05, 0.1) is 17.1 Å². The molecule has 4 rings (SSSR count). The molecule has 3 fully saturated rings. The first-order valence-corrected chi connectivity index (χ1v) is 9.33. The Balaban J connectivity index is 1.47. The molecule has 2 saturated heterocycles. The van der Waals surface area contributed by atoms with Crippen molar-refractivity contribution in [1.82, 2.24) is 9.97 Å². The van der Waals surface area contributed by atoms with E-state index in [1.807, 2.05) is 27.7 Å². The van der Waals surface area contributed by atoms with Gasteiger partial charge in [-0.3, -0.25) is 4.79 Å². The van der Waals surface area contributed by atoms with Crippen LogP contribution >= 0.6 is 0 Å². The van der Waals surface area contributed by atoms with Gasteiger partial charge in [0.1, 0.15) is 0 Å². The number of carbonyl (C=O) groups is 1. The van der Waals surface area contributed by atoms with Gasteiger partial charge in [0.25, 0.3) is 0 Å². The second-order valence-corrected chi connectivity index (χ2v) is 8.77. The molecule has 1 aromatic heterocycles. The van der Waals surface area contributed by atoms with E-state index in [1.165, 1.54) is 0 Å². The van der Waals surface area contributed by atoms with Crippen LogP contribution in [0.1, 0.15) is 40.5 Å². The van der Waals surface area contributed by atoms with Crippen LogP contribution in [0.4, 0.5) is 5.95 Å². The number of nitrogens with zero attached hydrogens (tertiary/aromatic N) is 3. The number of fused-ring (bicyclic) bond motifs is 2. The van der Waals surface area contributed by atoms with Crippen LogP contribution in [0, 0.1) is 17.8 Å². The summed E-state index contributed by atoms with van der Waals surface area (Å²) in [5.41, 5.74) is 0.0125. The number of piperidine rings is 1. The van der Waals surface area contributed by atoms with Gasteiger partial charge in [-0.05, 0) is 52.4 Å². The van der Waals surface area contributed by atoms with Gasteiger partial charge in [0, 0.05) is 30.9 Å². The van der Waals surface area contributed by atoms with E-state index in [0.717, 1.165) is 18.3 Å². The molecule has 2 atom stereocenters. The van der Waals surface area contributed by atoms with Crippen molar-refractivity contribution in [3.8, 4) is 0 Å². The molecule has 3 aliphatic rings. The summed E-state index contributed by atoms with van der Waals surface area (Å²) in [7, 11) is -0.469. The number of hydrogen-bond donors (Lipinski definition) is 1. The molecule has 7 nitrogen and oxygen atoms in total. The van der Waals surface area contributed by atoms with Crippen molar-refractivity contribution >= 4 is 24.5 Å². The first-order chi connectivity index (χ1) is 12.2. The fourth-order valence-corrected chi connectivity index (χ4v) is 4.38. The van der Waals surface area contributed by atoms with E-state index in [0.29, 0.717) is 19.0 Å². The van der Waals surface area contributed by atoms with Gasteiger partial charge in [0.2, 0.25) is 5.95 Å². The Kier molecular flexibility index (Phi) is 4.04. The predicted octanol–water partition coefficient (Wildman–Crippen LogP) is 1.32. The summed E-state index contributed by atoms with van der Waals surface area (Å²) in [5, 5.41) is 9.44. The van der Waals surface area contributed by atoms with Crippen molar-refractivity contribution in [3.63, 3.8) is 0 Å². The Morgan fingerprint density at radius 3 is 2.08 bits per heavy atom. The van der Waals surface area contributed by atoms with Gasteiger partial charge < -0.3 is 19.3 Å². The Hall–Kier alpha value is -1.67. The van der Waals surface area contributed by atoms with E-state index in [-0.39, 0.29) is 17.8 Å². The molecule has 8 heteroatoms. The van der Waals surface area contributed by atoms with E-state index >= 15 is 0 Å². The smallest absolute Gasteiger partial charge is 0.481 e. The normalized spacial score (nSPS) is 32.1. The van der Waals surface area contributed by atoms with Crippen LogP contribution in [0.2, 0.25) is 0 Å². The minimum atomic E-state index is -0.658. The number of carboxylic acids is 1. The summed E-state index contributed by atoms with van der Waals surface area (Å²) in [6.07, 6.45) is 5.47. The zero-order valence-corrected chi connectivity index (χ0v) is 15.8. The SMILES string of the molecule is CC1(C)OB(c2cnc(N3CC4CCC(C3)C4C(=O)O)nc2)OC1(C)C. The van der Waals surface area contributed by atoms with Crippen molar-refractivity contribution in [1.29, 1.82) is 0 Å². The molecule has 2 aliphatic heterocycles. The highest BCUT2D eigenvalue weighted by Gasteiger charge is 2.52. The minimum Gasteiger partial charge on any atom is -0.481 e. The minimum absolute atomic E-state index is 0.192. The quantitative estimate of drug-likeness (QED) is 0.815. The van der Waals surface area contributed by atoms with E-state index in [1.54, 1.807) is 12.4 Å². The van der Waals surface area contributed by atoms with Crippen molar-refractivity contribution < 1.29 is 19.2 Å². The Bertz CT molecular complexity index is 679. The summed E-state index contributed by atoms with van der Waals surface area (Å²) < 4.78 is 12.1. The molecule has 0 amide bonds. The third-order valence-electron chi connectivity index (χ3n) is 6.59. The molecule has 1 aromatic rings. The summed E-state index contributed by atoms with van der Waals surface area (Å²) in [4.78, 5) is 22.6. The third-order valence-corrected chi connectivity index (χ3v) is 6.59. The monoisotopic (exact) mass is 359 g/mol. The maximum absolute atomic E-state index is 11.5. The topological polar surface area (TPSA) is 84.8 Å². The van der Waals surface area contributed by atoms with Crippen LogP contribution in [0.15, 0.2) is 12.4 Å². The number of aromatic nitrogens is 2. The van der Waals surface area contributed by atoms with Crippen LogP contribution in [-0.2, 0) is 14.1 Å². The number of aliphatic carboxylic acids is 1. The lowest BCUT2D eigenvalue weighted by Gasteiger charge is -2.35. The van der Waals surface area contributed by atoms with E-state index in [4.69, 9.17) is 9.31 Å². The molecule has 0 spiro atoms. The molecule has 1 aliphatic carbocycles. The molecule has 2 bridgehead atoms. The molecule has 1 saturated carbocycles. The second kappa shape index (κ2) is 5.92. The summed E-state index contributed by atoms with van der Waals surface area (Å²) in [6, 6.07) is 0. The highest BCUT2D eigenvalue weighted by Crippen LogP contribution is 2.42. The van der Waals surface area contributed by atoms with Gasteiger partial charge in [-0.2, -0.15) is 0 Å². The molecule has 3 heterocycles. The standard InChI is InChI=1S/C18H26BN3O4/c1-17(2)18(3,4)26-19(25-17)13-7-20-16(21-8-13)22-9-11-5-6-12(10-22)14(11)15(23)24/h7-8,11-12,14H,5-6,9-10H2,1-4H3,(H,23,24). The molecule has 0 aromatic carbocycles. The van der Waals surface area contributed by atoms with Crippen molar-refractivity contribution in [2.75, 3.05) is 18.0 Å². The number of carboxylic acid groups (broad SMARTS) is 1. The molecular weight excluding hydrogens is 333 g/mol. The highest BCUT2D eigenvalue weighted by molar-refractivity contribution is 6.61. The third kappa shape index (κ3) is 2.79. The first-order valence-electron chi connectivity index (χ1n) is 9.33. The zero-order valence-electron chi connectivity index (χ0n) is 15.8. The van der Waals surface area contributed by atoms with E-state index in [2.05, 4.69) is 14.9 Å². The van der Waals surface area contributed by atoms with E-state index < -0.39 is 24.3 Å². The van der Waals surface area contributed by atoms with Gasteiger partial charge in [-0.25, -0.2) is 9.97 Å². The fraction of sp³-hybridized carbons (Fsp3) is 0.722. The van der Waals surface area contributed by atoms with E-state index in [9.17, 15) is 9.90 Å². The van der Waals surface area contributed by atoms with Crippen LogP contribution < -0.4 is 10.4 Å². The first kappa shape index (κ1) is 17.7. The highest BCUT2D eigenvalue weighted by atomic mass is 16.7. The van der Waals surface area contributed by atoms with Gasteiger partial charge in [-0.15, -0.1) is 0 Å². The fourth-order valence-electron chi connectivity index (χ4n) is 4.38. The van der Waals surface area contributed by atoms with Crippen LogP contribution in [0.5, 0.6) is 0 Å². The molecule has 140 valence electrons. The Morgan fingerprint density at radius 2 is 1.62 bits per heavy atom. The molecule has 0 radical (unpaired) electrons. The number of anilines is 1. The lowest BCUT2D eigenvalue weighted by molar-refractivity contribution is -0.144. The van der Waals surface area contributed by atoms with Gasteiger partial charge in [0.15, 0.2) is 0 Å². The molecule has 26 heavy (non-hydrogen) atoms. The van der Waals surface area contributed by atoms with Crippen LogP contribution in [0.25, 0.3) is 0 Å². The van der Waals surface area contributed by atoms with Crippen LogP contribution in [0.3, 0.4) is 0 Å². The maximum atomic E-state index is 11.5. The second-order valence-electron chi connectivity index (χ2n) is 8.77. The van der Waals surface area contributed by atoms with Crippen LogP contribution in [-0.4, -0.2) is 52.5 Å². The molecular formula is C18H26BN3O4. The summed E-state index contributed by atoms with van der Waals surface area (Å²) >= 11 is 0. The largest absolute Gasteiger partial charge is 0.498 e. The van der Waals surface area contributed by atoms with Gasteiger partial charge in [-0.1, -0.05) is 0 Å². The summed E-state index contributed by atoms with van der Waals surface area (Å²) in [6.45, 7) is 9.50.